The Morgan fingerprint density at radius 1 is 0.359 bits per heavy atom. The molecule has 0 bridgehead atoms. The van der Waals surface area contributed by atoms with E-state index < -0.39 is 0 Å². The fraction of sp³-hybridized carbons (Fsp3) is 0.944. The highest BCUT2D eigenvalue weighted by molar-refractivity contribution is 4.81. The number of rotatable bonds is 32. The van der Waals surface area contributed by atoms with Gasteiger partial charge in [0.25, 0.3) is 0 Å². The second-order valence-corrected chi connectivity index (χ2v) is 11.6. The molecule has 0 saturated carbocycles. The second kappa shape index (κ2) is 42.1. The lowest BCUT2D eigenvalue weighted by Gasteiger charge is -2.05. The third-order valence-corrected chi connectivity index (χ3v) is 7.54. The molecule has 0 spiro atoms. The van der Waals surface area contributed by atoms with E-state index in [-0.39, 0.29) is 13.2 Å². The van der Waals surface area contributed by atoms with Crippen molar-refractivity contribution in [3.05, 3.63) is 12.2 Å². The van der Waals surface area contributed by atoms with Crippen LogP contribution in [0.2, 0.25) is 0 Å². The molecule has 0 amide bonds. The van der Waals surface area contributed by atoms with Crippen molar-refractivity contribution in [3.8, 4) is 0 Å². The fourth-order valence-corrected chi connectivity index (χ4v) is 4.95. The van der Waals surface area contributed by atoms with Gasteiger partial charge < -0.3 is 14.9 Å². The lowest BCUT2D eigenvalue weighted by atomic mass is 10.0. The van der Waals surface area contributed by atoms with Crippen LogP contribution in [0.3, 0.4) is 0 Å². The third kappa shape index (κ3) is 44.9. The van der Waals surface area contributed by atoms with E-state index in [1.807, 2.05) is 0 Å². The number of hydrogen-bond acceptors (Lipinski definition) is 3. The first-order valence-electron chi connectivity index (χ1n) is 17.8. The summed E-state index contributed by atoms with van der Waals surface area (Å²) in [4.78, 5) is 0. The Labute approximate surface area is 247 Å². The van der Waals surface area contributed by atoms with Crippen LogP contribution in [0.1, 0.15) is 194 Å². The number of hydrogen-bond donors (Lipinski definition) is 2. The molecule has 236 valence electrons. The Hall–Kier alpha value is -0.380. The summed E-state index contributed by atoms with van der Waals surface area (Å²) in [5, 5.41) is 15.2. The minimum Gasteiger partial charge on any atom is -0.394 e. The van der Waals surface area contributed by atoms with Crippen LogP contribution in [0, 0.1) is 0 Å². The van der Waals surface area contributed by atoms with Crippen LogP contribution in [0.25, 0.3) is 0 Å². The molecule has 0 aliphatic heterocycles. The van der Waals surface area contributed by atoms with Crippen molar-refractivity contribution >= 4 is 0 Å². The SMILES string of the molecule is CCCCCCCC/C=C\CCCCCCCCOCCCCCCCCCCCCCCCC.OCCO. The van der Waals surface area contributed by atoms with Crippen molar-refractivity contribution in [2.24, 2.45) is 0 Å². The Morgan fingerprint density at radius 2 is 0.615 bits per heavy atom. The Morgan fingerprint density at radius 3 is 0.897 bits per heavy atom. The summed E-state index contributed by atoms with van der Waals surface area (Å²) in [5.41, 5.74) is 0. The first-order valence-corrected chi connectivity index (χ1v) is 17.8. The molecule has 0 radical (unpaired) electrons. The van der Waals surface area contributed by atoms with Crippen molar-refractivity contribution in [1.82, 2.24) is 0 Å². The molecule has 3 heteroatoms. The molecule has 0 aliphatic rings. The molecule has 0 aliphatic carbocycles. The number of aliphatic hydroxyl groups is 2. The normalized spacial score (nSPS) is 11.3. The summed E-state index contributed by atoms with van der Waals surface area (Å²) in [6.45, 7) is 6.32. The van der Waals surface area contributed by atoms with E-state index in [4.69, 9.17) is 14.9 Å². The van der Waals surface area contributed by atoms with Crippen molar-refractivity contribution in [2.45, 2.75) is 194 Å². The fourth-order valence-electron chi connectivity index (χ4n) is 4.95. The monoisotopic (exact) mass is 555 g/mol. The van der Waals surface area contributed by atoms with E-state index in [0.29, 0.717) is 0 Å². The summed E-state index contributed by atoms with van der Waals surface area (Å²) < 4.78 is 5.85. The van der Waals surface area contributed by atoms with Gasteiger partial charge in [0.15, 0.2) is 0 Å². The smallest absolute Gasteiger partial charge is 0.0662 e. The highest BCUT2D eigenvalue weighted by atomic mass is 16.5. The van der Waals surface area contributed by atoms with Gasteiger partial charge in [-0.2, -0.15) is 0 Å². The minimum atomic E-state index is -0.125. The van der Waals surface area contributed by atoms with E-state index in [1.54, 1.807) is 0 Å². The van der Waals surface area contributed by atoms with Gasteiger partial charge in [0.1, 0.15) is 0 Å². The molecule has 0 aromatic rings. The molecule has 0 aromatic carbocycles. The second-order valence-electron chi connectivity index (χ2n) is 11.6. The van der Waals surface area contributed by atoms with Crippen molar-refractivity contribution < 1.29 is 14.9 Å². The molecule has 0 unspecified atom stereocenters. The summed E-state index contributed by atoms with van der Waals surface area (Å²) in [6, 6.07) is 0. The highest BCUT2D eigenvalue weighted by Gasteiger charge is 1.96. The van der Waals surface area contributed by atoms with Crippen LogP contribution in [0.4, 0.5) is 0 Å². The molecule has 39 heavy (non-hydrogen) atoms. The zero-order chi connectivity index (χ0) is 28.7. The van der Waals surface area contributed by atoms with Gasteiger partial charge in [0.2, 0.25) is 0 Å². The first kappa shape index (κ1) is 40.8. The maximum Gasteiger partial charge on any atom is 0.0662 e. The van der Waals surface area contributed by atoms with E-state index >= 15 is 0 Å². The van der Waals surface area contributed by atoms with E-state index in [0.717, 1.165) is 13.2 Å². The van der Waals surface area contributed by atoms with Gasteiger partial charge in [-0.1, -0.05) is 167 Å². The first-order chi connectivity index (χ1) is 19.3. The van der Waals surface area contributed by atoms with Gasteiger partial charge in [-0.25, -0.2) is 0 Å². The molecule has 0 fully saturated rings. The summed E-state index contributed by atoms with van der Waals surface area (Å²) in [5.74, 6) is 0. The molecular formula is C36H74O3. The largest absolute Gasteiger partial charge is 0.394 e. The predicted molar refractivity (Wildman–Crippen MR) is 175 cm³/mol. The maximum absolute atomic E-state index is 7.62. The molecule has 3 nitrogen and oxygen atoms in total. The zero-order valence-corrected chi connectivity index (χ0v) is 27.1. The summed E-state index contributed by atoms with van der Waals surface area (Å²) in [6.07, 6.45) is 44.1. The van der Waals surface area contributed by atoms with Crippen LogP contribution in [0.15, 0.2) is 12.2 Å². The Bertz CT molecular complexity index is 408. The van der Waals surface area contributed by atoms with Crippen molar-refractivity contribution in [1.29, 1.82) is 0 Å². The van der Waals surface area contributed by atoms with Gasteiger partial charge in [0, 0.05) is 13.2 Å². The van der Waals surface area contributed by atoms with Gasteiger partial charge in [0.05, 0.1) is 13.2 Å². The van der Waals surface area contributed by atoms with Gasteiger partial charge in [-0.15, -0.1) is 0 Å². The topological polar surface area (TPSA) is 49.7 Å². The average molecular weight is 555 g/mol. The quantitative estimate of drug-likeness (QED) is 0.0642. The lowest BCUT2D eigenvalue weighted by Crippen LogP contribution is -1.97. The van der Waals surface area contributed by atoms with Gasteiger partial charge in [-0.05, 0) is 38.5 Å². The molecular weight excluding hydrogens is 480 g/mol. The lowest BCUT2D eigenvalue weighted by molar-refractivity contribution is 0.125. The van der Waals surface area contributed by atoms with Crippen LogP contribution in [-0.4, -0.2) is 36.6 Å². The molecule has 0 aromatic heterocycles. The molecule has 0 saturated heterocycles. The van der Waals surface area contributed by atoms with Crippen LogP contribution in [0.5, 0.6) is 0 Å². The maximum atomic E-state index is 7.62. The summed E-state index contributed by atoms with van der Waals surface area (Å²) >= 11 is 0. The molecule has 0 heterocycles. The third-order valence-electron chi connectivity index (χ3n) is 7.54. The predicted octanol–water partition coefficient (Wildman–Crippen LogP) is 11.5. The molecule has 0 rings (SSSR count). The number of unbranched alkanes of at least 4 members (excludes halogenated alkanes) is 25. The number of aliphatic hydroxyl groups excluding tert-OH is 2. The summed E-state index contributed by atoms with van der Waals surface area (Å²) in [7, 11) is 0. The van der Waals surface area contributed by atoms with E-state index in [1.165, 1.54) is 180 Å². The van der Waals surface area contributed by atoms with E-state index in [2.05, 4.69) is 26.0 Å². The number of ether oxygens (including phenoxy) is 1. The van der Waals surface area contributed by atoms with Crippen LogP contribution < -0.4 is 0 Å². The standard InChI is InChI=1S/C34H68O.C2H6O2/c1-3-5-7-9-11-13-15-17-19-20-22-24-26-28-30-32-34-35-33-31-29-27-25-23-21-18-16-14-12-10-8-6-4-2;3-1-2-4/h17,19H,3-16,18,20-34H2,1-2H3;3-4H,1-2H2/b19-17-;. The molecule has 0 atom stereocenters. The van der Waals surface area contributed by atoms with Gasteiger partial charge >= 0.3 is 0 Å². The minimum absolute atomic E-state index is 0.125. The Kier molecular flexibility index (Phi) is 44.0. The number of allylic oxidation sites excluding steroid dienone is 2. The van der Waals surface area contributed by atoms with Crippen LogP contribution >= 0.6 is 0 Å². The van der Waals surface area contributed by atoms with Crippen LogP contribution in [-0.2, 0) is 4.74 Å². The van der Waals surface area contributed by atoms with E-state index in [9.17, 15) is 0 Å². The highest BCUT2D eigenvalue weighted by Crippen LogP contribution is 2.13. The average Bonchev–Trinajstić information content (AvgIpc) is 2.96. The van der Waals surface area contributed by atoms with Gasteiger partial charge in [-0.3, -0.25) is 0 Å². The molecule has 2 N–H and O–H groups in total. The van der Waals surface area contributed by atoms with Crippen molar-refractivity contribution in [3.63, 3.8) is 0 Å². The zero-order valence-electron chi connectivity index (χ0n) is 27.1. The Balaban J connectivity index is 0. The van der Waals surface area contributed by atoms with Crippen molar-refractivity contribution in [2.75, 3.05) is 26.4 Å².